The molecule has 3 nitrogen and oxygen atoms in total. The van der Waals surface area contributed by atoms with Gasteiger partial charge in [0, 0.05) is 29.0 Å². The van der Waals surface area contributed by atoms with Crippen LogP contribution in [0, 0.1) is 0 Å². The van der Waals surface area contributed by atoms with Crippen molar-refractivity contribution in [1.29, 1.82) is 0 Å². The molecule has 0 spiro atoms. The van der Waals surface area contributed by atoms with Crippen LogP contribution in [0.15, 0.2) is 42.7 Å². The third kappa shape index (κ3) is 2.35. The Morgan fingerprint density at radius 2 is 1.80 bits per heavy atom. The van der Waals surface area contributed by atoms with Crippen molar-refractivity contribution in [2.24, 2.45) is 0 Å². The minimum absolute atomic E-state index is 0.571. The van der Waals surface area contributed by atoms with E-state index in [4.69, 9.17) is 12.2 Å². The topological polar surface area (TPSA) is 37.8 Å². The first-order valence-corrected chi connectivity index (χ1v) is 4.95. The third-order valence-electron chi connectivity index (χ3n) is 1.90. The number of rotatable bonds is 3. The molecule has 1 N–H and O–H groups in total. The maximum absolute atomic E-state index is 4.92. The second-order valence-electron chi connectivity index (χ2n) is 2.90. The molecule has 1 aromatic heterocycles. The van der Waals surface area contributed by atoms with Crippen molar-refractivity contribution >= 4 is 29.2 Å². The summed E-state index contributed by atoms with van der Waals surface area (Å²) in [4.78, 5) is 8.16. The highest BCUT2D eigenvalue weighted by Gasteiger charge is 1.99. The molecule has 0 radical (unpaired) electrons. The highest BCUT2D eigenvalue weighted by Crippen LogP contribution is 2.16. The van der Waals surface area contributed by atoms with E-state index >= 15 is 0 Å². The van der Waals surface area contributed by atoms with Gasteiger partial charge in [-0.15, -0.1) is 0 Å². The number of anilines is 2. The molecule has 0 amide bonds. The molecule has 0 atom stereocenters. The zero-order valence-corrected chi connectivity index (χ0v) is 8.74. The fraction of sp³-hybridized carbons (Fsp3) is 0. The van der Waals surface area contributed by atoms with Crippen molar-refractivity contribution in [2.45, 2.75) is 0 Å². The van der Waals surface area contributed by atoms with Gasteiger partial charge in [0.1, 0.15) is 0 Å². The summed E-state index contributed by atoms with van der Waals surface area (Å²) in [6, 6.07) is 9.53. The molecular formula is C11H9N3S. The fourth-order valence-corrected chi connectivity index (χ4v) is 1.40. The van der Waals surface area contributed by atoms with E-state index in [1.165, 1.54) is 0 Å². The van der Waals surface area contributed by atoms with E-state index in [2.05, 4.69) is 15.3 Å². The monoisotopic (exact) mass is 215 g/mol. The van der Waals surface area contributed by atoms with E-state index in [0.717, 1.165) is 11.3 Å². The molecular weight excluding hydrogens is 206 g/mol. The van der Waals surface area contributed by atoms with E-state index in [0.29, 0.717) is 5.95 Å². The SMILES string of the molecule is S=Cc1ccccc1Nc1ncccn1. The summed E-state index contributed by atoms with van der Waals surface area (Å²) in [5.41, 5.74) is 1.87. The van der Waals surface area contributed by atoms with Gasteiger partial charge in [-0.1, -0.05) is 30.4 Å². The van der Waals surface area contributed by atoms with Crippen LogP contribution >= 0.6 is 12.2 Å². The second kappa shape index (κ2) is 4.61. The fourth-order valence-electron chi connectivity index (χ4n) is 1.20. The summed E-state index contributed by atoms with van der Waals surface area (Å²) in [6.07, 6.45) is 3.38. The quantitative estimate of drug-likeness (QED) is 0.798. The first kappa shape index (κ1) is 9.73. The predicted molar refractivity (Wildman–Crippen MR) is 64.5 cm³/mol. The van der Waals surface area contributed by atoms with Gasteiger partial charge in [-0.25, -0.2) is 9.97 Å². The van der Waals surface area contributed by atoms with E-state index < -0.39 is 0 Å². The van der Waals surface area contributed by atoms with Gasteiger partial charge in [0.2, 0.25) is 5.95 Å². The first-order valence-electron chi connectivity index (χ1n) is 4.48. The Hall–Kier alpha value is -1.81. The molecule has 0 bridgehead atoms. The Kier molecular flexibility index (Phi) is 2.99. The van der Waals surface area contributed by atoms with Gasteiger partial charge in [-0.05, 0) is 12.1 Å². The first-order chi connectivity index (χ1) is 7.40. The van der Waals surface area contributed by atoms with Crippen LogP contribution in [0.25, 0.3) is 0 Å². The summed E-state index contributed by atoms with van der Waals surface area (Å²) in [6.45, 7) is 0. The highest BCUT2D eigenvalue weighted by molar-refractivity contribution is 7.79. The molecule has 0 aliphatic carbocycles. The Morgan fingerprint density at radius 1 is 1.07 bits per heavy atom. The number of nitrogens with one attached hydrogen (secondary N) is 1. The molecule has 2 rings (SSSR count). The van der Waals surface area contributed by atoms with E-state index in [1.54, 1.807) is 23.8 Å². The zero-order chi connectivity index (χ0) is 10.5. The average molecular weight is 215 g/mol. The summed E-state index contributed by atoms with van der Waals surface area (Å²) < 4.78 is 0. The van der Waals surface area contributed by atoms with Gasteiger partial charge in [0.15, 0.2) is 0 Å². The lowest BCUT2D eigenvalue weighted by Gasteiger charge is -2.06. The van der Waals surface area contributed by atoms with Crippen LogP contribution in [-0.4, -0.2) is 15.3 Å². The van der Waals surface area contributed by atoms with Crippen LogP contribution in [0.1, 0.15) is 5.56 Å². The maximum Gasteiger partial charge on any atom is 0.227 e. The molecule has 0 saturated heterocycles. The number of hydrogen-bond acceptors (Lipinski definition) is 4. The summed E-state index contributed by atoms with van der Waals surface area (Å²) in [7, 11) is 0. The van der Waals surface area contributed by atoms with Crippen molar-refractivity contribution in [1.82, 2.24) is 9.97 Å². The number of hydrogen-bond donors (Lipinski definition) is 1. The normalized spacial score (nSPS) is 9.60. The highest BCUT2D eigenvalue weighted by atomic mass is 32.1. The van der Waals surface area contributed by atoms with Crippen LogP contribution in [0.2, 0.25) is 0 Å². The van der Waals surface area contributed by atoms with Crippen molar-refractivity contribution < 1.29 is 0 Å². The number of para-hydroxylation sites is 1. The van der Waals surface area contributed by atoms with Crippen LogP contribution in [0.4, 0.5) is 11.6 Å². The molecule has 2 aromatic rings. The van der Waals surface area contributed by atoms with Gasteiger partial charge in [0.25, 0.3) is 0 Å². The van der Waals surface area contributed by atoms with Gasteiger partial charge < -0.3 is 5.32 Å². The van der Waals surface area contributed by atoms with Crippen molar-refractivity contribution in [3.8, 4) is 0 Å². The molecule has 0 aliphatic heterocycles. The maximum atomic E-state index is 4.92. The molecule has 4 heteroatoms. The molecule has 0 aliphatic rings. The van der Waals surface area contributed by atoms with Crippen LogP contribution in [0.5, 0.6) is 0 Å². The predicted octanol–water partition coefficient (Wildman–Crippen LogP) is 2.57. The number of nitrogens with zero attached hydrogens (tertiary/aromatic N) is 2. The minimum atomic E-state index is 0.571. The van der Waals surface area contributed by atoms with E-state index in [9.17, 15) is 0 Å². The van der Waals surface area contributed by atoms with E-state index in [-0.39, 0.29) is 0 Å². The molecule has 0 fully saturated rings. The van der Waals surface area contributed by atoms with Gasteiger partial charge in [-0.3, -0.25) is 0 Å². The van der Waals surface area contributed by atoms with Gasteiger partial charge in [0.05, 0.1) is 0 Å². The second-order valence-corrected chi connectivity index (χ2v) is 3.14. The lowest BCUT2D eigenvalue weighted by Crippen LogP contribution is -1.98. The largest absolute Gasteiger partial charge is 0.324 e. The number of benzene rings is 1. The Bertz CT molecular complexity index is 456. The molecule has 15 heavy (non-hydrogen) atoms. The minimum Gasteiger partial charge on any atom is -0.324 e. The summed E-state index contributed by atoms with van der Waals surface area (Å²) in [5, 5.41) is 4.73. The summed E-state index contributed by atoms with van der Waals surface area (Å²) >= 11 is 4.92. The Labute approximate surface area is 93.2 Å². The van der Waals surface area contributed by atoms with Gasteiger partial charge in [-0.2, -0.15) is 0 Å². The Balaban J connectivity index is 2.28. The molecule has 0 unspecified atom stereocenters. The van der Waals surface area contributed by atoms with Crippen molar-refractivity contribution in [3.63, 3.8) is 0 Å². The Morgan fingerprint density at radius 3 is 2.53 bits per heavy atom. The molecule has 74 valence electrons. The smallest absolute Gasteiger partial charge is 0.227 e. The summed E-state index contributed by atoms with van der Waals surface area (Å²) in [5.74, 6) is 0.571. The van der Waals surface area contributed by atoms with Crippen molar-refractivity contribution in [3.05, 3.63) is 48.3 Å². The van der Waals surface area contributed by atoms with Crippen LogP contribution < -0.4 is 5.32 Å². The standard InChI is InChI=1S/C11H9N3S/c15-8-9-4-1-2-5-10(9)14-11-12-6-3-7-13-11/h1-8H,(H,12,13,14). The molecule has 1 aromatic carbocycles. The van der Waals surface area contributed by atoms with Crippen LogP contribution in [0.3, 0.4) is 0 Å². The number of aromatic nitrogens is 2. The van der Waals surface area contributed by atoms with E-state index in [1.807, 2.05) is 24.3 Å². The third-order valence-corrected chi connectivity index (χ3v) is 2.15. The lowest BCUT2D eigenvalue weighted by molar-refractivity contribution is 1.17. The molecule has 1 heterocycles. The van der Waals surface area contributed by atoms with Crippen LogP contribution in [-0.2, 0) is 0 Å². The van der Waals surface area contributed by atoms with Gasteiger partial charge >= 0.3 is 0 Å². The lowest BCUT2D eigenvalue weighted by atomic mass is 10.2. The van der Waals surface area contributed by atoms with Crippen molar-refractivity contribution in [2.75, 3.05) is 5.32 Å². The number of thiocarbonyl (C=S) groups is 1. The average Bonchev–Trinajstić information content (AvgIpc) is 2.31. The molecule has 0 saturated carbocycles. The zero-order valence-electron chi connectivity index (χ0n) is 7.92.